The molecule has 166 valence electrons. The highest BCUT2D eigenvalue weighted by atomic mass is 16.2. The van der Waals surface area contributed by atoms with Crippen LogP contribution in [0.25, 0.3) is 0 Å². The van der Waals surface area contributed by atoms with Crippen molar-refractivity contribution < 1.29 is 9.59 Å². The number of anilines is 1. The predicted molar refractivity (Wildman–Crippen MR) is 125 cm³/mol. The predicted octanol–water partition coefficient (Wildman–Crippen LogP) is 2.87. The summed E-state index contributed by atoms with van der Waals surface area (Å²) in [5.41, 5.74) is 5.52. The first kappa shape index (κ1) is 23.0. The van der Waals surface area contributed by atoms with Crippen LogP contribution < -0.4 is 10.6 Å². The lowest BCUT2D eigenvalue weighted by atomic mass is 10.1. The highest BCUT2D eigenvalue weighted by Gasteiger charge is 2.26. The number of nitrogens with one attached hydrogen (secondary N) is 2. The molecule has 2 aromatic rings. The third-order valence-corrected chi connectivity index (χ3v) is 6.16. The van der Waals surface area contributed by atoms with Crippen LogP contribution >= 0.6 is 0 Å². The average Bonchev–Trinajstić information content (AvgIpc) is 2.76. The van der Waals surface area contributed by atoms with Gasteiger partial charge < -0.3 is 10.6 Å². The van der Waals surface area contributed by atoms with Gasteiger partial charge in [0, 0.05) is 38.4 Å². The Labute approximate surface area is 185 Å². The number of nitrogens with zero attached hydrogens (tertiary/aromatic N) is 2. The molecule has 1 saturated heterocycles. The van der Waals surface area contributed by atoms with Gasteiger partial charge in [-0.05, 0) is 49.9 Å². The van der Waals surface area contributed by atoms with Gasteiger partial charge in [0.1, 0.15) is 0 Å². The molecule has 1 heterocycles. The van der Waals surface area contributed by atoms with Gasteiger partial charge in [-0.15, -0.1) is 0 Å². The zero-order chi connectivity index (χ0) is 22.4. The van der Waals surface area contributed by atoms with E-state index in [4.69, 9.17) is 0 Å². The summed E-state index contributed by atoms with van der Waals surface area (Å²) in [5.74, 6) is -0.315. The van der Waals surface area contributed by atoms with Crippen molar-refractivity contribution >= 4 is 17.5 Å². The molecular weight excluding hydrogens is 388 g/mol. The molecule has 6 heteroatoms. The minimum atomic E-state index is -0.256. The van der Waals surface area contributed by atoms with Crippen molar-refractivity contribution in [1.82, 2.24) is 15.1 Å². The molecule has 2 amide bonds. The first-order chi connectivity index (χ1) is 14.8. The van der Waals surface area contributed by atoms with Gasteiger partial charge in [0.2, 0.25) is 11.8 Å². The van der Waals surface area contributed by atoms with Crippen molar-refractivity contribution in [2.75, 3.05) is 38.0 Å². The van der Waals surface area contributed by atoms with Crippen molar-refractivity contribution in [1.29, 1.82) is 0 Å². The van der Waals surface area contributed by atoms with Crippen LogP contribution in [0.2, 0.25) is 0 Å². The fourth-order valence-corrected chi connectivity index (χ4v) is 4.01. The highest BCUT2D eigenvalue weighted by molar-refractivity contribution is 5.96. The van der Waals surface area contributed by atoms with Crippen LogP contribution in [-0.2, 0) is 16.1 Å². The second kappa shape index (κ2) is 10.6. The van der Waals surface area contributed by atoms with Gasteiger partial charge in [-0.1, -0.05) is 42.5 Å². The minimum Gasteiger partial charge on any atom is -0.346 e. The minimum absolute atomic E-state index is 0.0236. The van der Waals surface area contributed by atoms with E-state index < -0.39 is 0 Å². The van der Waals surface area contributed by atoms with Crippen LogP contribution in [-0.4, -0.2) is 60.4 Å². The Kier molecular flexibility index (Phi) is 7.82. The van der Waals surface area contributed by atoms with E-state index in [1.165, 1.54) is 11.1 Å². The van der Waals surface area contributed by atoms with Gasteiger partial charge >= 0.3 is 0 Å². The van der Waals surface area contributed by atoms with Crippen LogP contribution in [0, 0.1) is 20.8 Å². The van der Waals surface area contributed by atoms with E-state index in [2.05, 4.69) is 51.6 Å². The fraction of sp³-hybridized carbons (Fsp3) is 0.440. The number of amides is 2. The van der Waals surface area contributed by atoms with Crippen molar-refractivity contribution in [3.8, 4) is 0 Å². The monoisotopic (exact) mass is 422 g/mol. The average molecular weight is 423 g/mol. The number of carbonyl (C=O) groups excluding carboxylic acids is 2. The lowest BCUT2D eigenvalue weighted by molar-refractivity contribution is -0.128. The van der Waals surface area contributed by atoms with Gasteiger partial charge in [0.15, 0.2) is 0 Å². The topological polar surface area (TPSA) is 64.7 Å². The molecule has 31 heavy (non-hydrogen) atoms. The second-order valence-corrected chi connectivity index (χ2v) is 8.45. The number of piperazine rings is 1. The fourth-order valence-electron chi connectivity index (χ4n) is 4.01. The van der Waals surface area contributed by atoms with Crippen LogP contribution in [0.4, 0.5) is 5.69 Å². The molecule has 0 radical (unpaired) electrons. The van der Waals surface area contributed by atoms with E-state index >= 15 is 0 Å². The Bertz CT molecular complexity index is 899. The summed E-state index contributed by atoms with van der Waals surface area (Å²) in [6, 6.07) is 14.1. The van der Waals surface area contributed by atoms with Crippen molar-refractivity contribution in [3.63, 3.8) is 0 Å². The van der Waals surface area contributed by atoms with E-state index in [1.54, 1.807) is 0 Å². The van der Waals surface area contributed by atoms with E-state index in [9.17, 15) is 9.59 Å². The van der Waals surface area contributed by atoms with Gasteiger partial charge in [-0.2, -0.15) is 0 Å². The molecule has 2 N–H and O–H groups in total. The molecule has 1 aliphatic rings. The quantitative estimate of drug-likeness (QED) is 0.720. The zero-order valence-electron chi connectivity index (χ0n) is 19.1. The first-order valence-electron chi connectivity index (χ1n) is 11.0. The van der Waals surface area contributed by atoms with Crippen LogP contribution in [0.5, 0.6) is 0 Å². The number of rotatable bonds is 7. The summed E-state index contributed by atoms with van der Waals surface area (Å²) in [6.45, 7) is 12.4. The molecule has 1 fully saturated rings. The van der Waals surface area contributed by atoms with E-state index in [1.807, 2.05) is 39.0 Å². The van der Waals surface area contributed by atoms with E-state index in [0.29, 0.717) is 0 Å². The molecule has 1 aliphatic heterocycles. The SMILES string of the molecule is Cc1ccccc1CN1CCN(C(C)C(=O)NCC(=O)Nc2c(C)cccc2C)CC1. The van der Waals surface area contributed by atoms with E-state index in [0.717, 1.165) is 49.5 Å². The van der Waals surface area contributed by atoms with Crippen LogP contribution in [0.15, 0.2) is 42.5 Å². The van der Waals surface area contributed by atoms with Crippen molar-refractivity contribution in [3.05, 3.63) is 64.7 Å². The normalized spacial score (nSPS) is 16.0. The van der Waals surface area contributed by atoms with E-state index in [-0.39, 0.29) is 24.4 Å². The maximum Gasteiger partial charge on any atom is 0.243 e. The van der Waals surface area contributed by atoms with Gasteiger partial charge in [-0.3, -0.25) is 19.4 Å². The lowest BCUT2D eigenvalue weighted by Gasteiger charge is -2.37. The molecule has 0 aliphatic carbocycles. The third kappa shape index (κ3) is 6.15. The number of carbonyl (C=O) groups is 2. The van der Waals surface area contributed by atoms with Crippen LogP contribution in [0.3, 0.4) is 0 Å². The van der Waals surface area contributed by atoms with Gasteiger partial charge in [-0.25, -0.2) is 0 Å². The number of hydrogen-bond acceptors (Lipinski definition) is 4. The summed E-state index contributed by atoms with van der Waals surface area (Å²) < 4.78 is 0. The largest absolute Gasteiger partial charge is 0.346 e. The maximum absolute atomic E-state index is 12.6. The second-order valence-electron chi connectivity index (χ2n) is 8.45. The Morgan fingerprint density at radius 2 is 1.52 bits per heavy atom. The highest BCUT2D eigenvalue weighted by Crippen LogP contribution is 2.19. The van der Waals surface area contributed by atoms with Gasteiger partial charge in [0.25, 0.3) is 0 Å². The molecule has 0 aromatic heterocycles. The number of aryl methyl sites for hydroxylation is 3. The summed E-state index contributed by atoms with van der Waals surface area (Å²) in [6.07, 6.45) is 0. The molecule has 0 spiro atoms. The third-order valence-electron chi connectivity index (χ3n) is 6.16. The molecule has 0 bridgehead atoms. The zero-order valence-corrected chi connectivity index (χ0v) is 19.1. The molecule has 2 aromatic carbocycles. The molecular formula is C25H34N4O2. The first-order valence-corrected chi connectivity index (χ1v) is 11.0. The van der Waals surface area contributed by atoms with Crippen LogP contribution in [0.1, 0.15) is 29.2 Å². The number of para-hydroxylation sites is 1. The molecule has 1 atom stereocenters. The van der Waals surface area contributed by atoms with Crippen molar-refractivity contribution in [2.24, 2.45) is 0 Å². The Morgan fingerprint density at radius 3 is 2.16 bits per heavy atom. The Morgan fingerprint density at radius 1 is 0.903 bits per heavy atom. The van der Waals surface area contributed by atoms with Crippen molar-refractivity contribution in [2.45, 2.75) is 40.3 Å². The molecule has 3 rings (SSSR count). The number of hydrogen-bond donors (Lipinski definition) is 2. The maximum atomic E-state index is 12.6. The molecule has 0 saturated carbocycles. The standard InChI is InChI=1S/C25H34N4O2/c1-18-8-5-6-11-22(18)17-28-12-14-29(15-13-28)21(4)25(31)26-16-23(30)27-24-19(2)9-7-10-20(24)3/h5-11,21H,12-17H2,1-4H3,(H,26,31)(H,27,30). The lowest BCUT2D eigenvalue weighted by Crippen LogP contribution is -2.54. The molecule has 6 nitrogen and oxygen atoms in total. The number of benzene rings is 2. The summed E-state index contributed by atoms with van der Waals surface area (Å²) in [7, 11) is 0. The Balaban J connectivity index is 1.43. The van der Waals surface area contributed by atoms with Gasteiger partial charge in [0.05, 0.1) is 12.6 Å². The summed E-state index contributed by atoms with van der Waals surface area (Å²) in [4.78, 5) is 29.5. The summed E-state index contributed by atoms with van der Waals surface area (Å²) >= 11 is 0. The smallest absolute Gasteiger partial charge is 0.243 e. The summed E-state index contributed by atoms with van der Waals surface area (Å²) in [5, 5.41) is 5.70. The molecule has 1 unspecified atom stereocenters. The Hall–Kier alpha value is -2.70.